The van der Waals surface area contributed by atoms with Crippen LogP contribution in [0, 0.1) is 0 Å². The third kappa shape index (κ3) is 5.17. The molecule has 2 amide bonds. The molecule has 2 aromatic carbocycles. The molecular formula is C31H30FN5O5. The summed E-state index contributed by atoms with van der Waals surface area (Å²) < 4.78 is 26.7. The van der Waals surface area contributed by atoms with E-state index in [9.17, 15) is 18.8 Å². The molecule has 11 heteroatoms. The maximum absolute atomic E-state index is 14.5. The van der Waals surface area contributed by atoms with Gasteiger partial charge in [-0.15, -0.1) is 0 Å². The SMILES string of the molecule is CC(C)(C)OC(=O)n1ncc2nc(NC(=O)[C@H]3C[C@@H](F)CN3C(=O)OCC3c4ccccc4-c4ccccc43)ccc21. The topological polar surface area (TPSA) is 116 Å². The van der Waals surface area contributed by atoms with Crippen molar-refractivity contribution in [2.75, 3.05) is 18.5 Å². The summed E-state index contributed by atoms with van der Waals surface area (Å²) in [5, 5.41) is 6.71. The number of rotatable bonds is 4. The molecule has 10 nitrogen and oxygen atoms in total. The van der Waals surface area contributed by atoms with Crippen molar-refractivity contribution in [1.29, 1.82) is 0 Å². The molecule has 6 rings (SSSR count). The van der Waals surface area contributed by atoms with Gasteiger partial charge in [0.1, 0.15) is 35.8 Å². The number of benzene rings is 2. The molecule has 216 valence electrons. The highest BCUT2D eigenvalue weighted by molar-refractivity contribution is 5.97. The first-order chi connectivity index (χ1) is 20.1. The molecule has 1 N–H and O–H groups in total. The van der Waals surface area contributed by atoms with Crippen LogP contribution in [0.5, 0.6) is 0 Å². The Morgan fingerprint density at radius 2 is 1.64 bits per heavy atom. The van der Waals surface area contributed by atoms with Crippen molar-refractivity contribution >= 4 is 34.9 Å². The molecule has 0 bridgehead atoms. The van der Waals surface area contributed by atoms with E-state index in [1.807, 2.05) is 48.5 Å². The molecule has 4 aromatic rings. The molecule has 0 saturated carbocycles. The summed E-state index contributed by atoms with van der Waals surface area (Å²) in [7, 11) is 0. The molecule has 1 aliphatic carbocycles. The first kappa shape index (κ1) is 27.4. The van der Waals surface area contributed by atoms with Gasteiger partial charge in [0.2, 0.25) is 5.91 Å². The number of amides is 2. The zero-order chi connectivity index (χ0) is 29.6. The Morgan fingerprint density at radius 1 is 0.976 bits per heavy atom. The van der Waals surface area contributed by atoms with Crippen LogP contribution >= 0.6 is 0 Å². The van der Waals surface area contributed by atoms with Crippen LogP contribution < -0.4 is 5.32 Å². The van der Waals surface area contributed by atoms with Crippen molar-refractivity contribution in [3.63, 3.8) is 0 Å². The van der Waals surface area contributed by atoms with Gasteiger partial charge in [-0.3, -0.25) is 9.69 Å². The van der Waals surface area contributed by atoms with Crippen LogP contribution in [0.3, 0.4) is 0 Å². The fourth-order valence-corrected chi connectivity index (χ4v) is 5.56. The summed E-state index contributed by atoms with van der Waals surface area (Å²) in [5.74, 6) is -0.573. The van der Waals surface area contributed by atoms with Crippen LogP contribution in [0.25, 0.3) is 22.2 Å². The second-order valence-electron chi connectivity index (χ2n) is 11.4. The number of fused-ring (bicyclic) bond motifs is 4. The Balaban J connectivity index is 1.14. The van der Waals surface area contributed by atoms with Crippen LogP contribution in [0.1, 0.15) is 44.2 Å². The summed E-state index contributed by atoms with van der Waals surface area (Å²) in [6.07, 6.45) is -1.56. The average Bonchev–Trinajstić information content (AvgIpc) is 3.64. The van der Waals surface area contributed by atoms with Crippen molar-refractivity contribution < 1.29 is 28.2 Å². The first-order valence-electron chi connectivity index (χ1n) is 13.7. The molecule has 1 fully saturated rings. The minimum absolute atomic E-state index is 0.0640. The van der Waals surface area contributed by atoms with Crippen molar-refractivity contribution in [3.8, 4) is 11.1 Å². The predicted molar refractivity (Wildman–Crippen MR) is 153 cm³/mol. The summed E-state index contributed by atoms with van der Waals surface area (Å²) >= 11 is 0. The number of halogens is 1. The van der Waals surface area contributed by atoms with Gasteiger partial charge in [-0.05, 0) is 55.2 Å². The van der Waals surface area contributed by atoms with Gasteiger partial charge in [-0.2, -0.15) is 9.78 Å². The third-order valence-electron chi connectivity index (χ3n) is 7.37. The third-order valence-corrected chi connectivity index (χ3v) is 7.37. The number of anilines is 1. The van der Waals surface area contributed by atoms with E-state index in [-0.39, 0.29) is 31.3 Å². The van der Waals surface area contributed by atoms with Crippen LogP contribution in [0.15, 0.2) is 66.9 Å². The number of hydrogen-bond donors (Lipinski definition) is 1. The number of alkyl halides is 1. The van der Waals surface area contributed by atoms with Gasteiger partial charge in [0, 0.05) is 12.3 Å². The molecule has 3 heterocycles. The molecule has 2 aliphatic rings. The number of carbonyl (C=O) groups is 3. The normalized spacial score (nSPS) is 18.0. The number of hydrogen-bond acceptors (Lipinski definition) is 7. The highest BCUT2D eigenvalue weighted by Crippen LogP contribution is 2.44. The van der Waals surface area contributed by atoms with Crippen molar-refractivity contribution in [2.45, 2.75) is 50.9 Å². The second-order valence-corrected chi connectivity index (χ2v) is 11.4. The van der Waals surface area contributed by atoms with Gasteiger partial charge in [0.25, 0.3) is 0 Å². The number of carbonyl (C=O) groups excluding carboxylic acids is 3. The molecule has 0 unspecified atom stereocenters. The zero-order valence-electron chi connectivity index (χ0n) is 23.4. The fourth-order valence-electron chi connectivity index (χ4n) is 5.56. The maximum atomic E-state index is 14.5. The van der Waals surface area contributed by atoms with E-state index >= 15 is 0 Å². The molecule has 1 aliphatic heterocycles. The Hall–Kier alpha value is -4.80. The lowest BCUT2D eigenvalue weighted by atomic mass is 9.98. The van der Waals surface area contributed by atoms with Gasteiger partial charge in [-0.25, -0.2) is 19.0 Å². The number of nitrogens with one attached hydrogen (secondary N) is 1. The number of nitrogens with zero attached hydrogens (tertiary/aromatic N) is 4. The molecule has 1 saturated heterocycles. The standard InChI is InChI=1S/C31H30FN5O5/c1-31(2,3)42-30(40)37-25-12-13-27(34-24(25)15-33-37)35-28(38)26-14-18(32)16-36(26)29(39)41-17-23-21-10-6-4-8-19(21)20-9-5-7-11-22(20)23/h4-13,15,18,23,26H,14,16-17H2,1-3H3,(H,34,35,38)/t18-,26-/m1/s1. The monoisotopic (exact) mass is 571 g/mol. The van der Waals surface area contributed by atoms with Gasteiger partial charge < -0.3 is 14.8 Å². The average molecular weight is 572 g/mol. The summed E-state index contributed by atoms with van der Waals surface area (Å²) in [6.45, 7) is 5.07. The number of ether oxygens (including phenoxy) is 2. The molecule has 0 spiro atoms. The van der Waals surface area contributed by atoms with E-state index < -0.39 is 35.9 Å². The lowest BCUT2D eigenvalue weighted by Gasteiger charge is -2.24. The molecule has 0 radical (unpaired) electrons. The van der Waals surface area contributed by atoms with E-state index in [0.717, 1.165) is 31.8 Å². The molecule has 2 aromatic heterocycles. The minimum atomic E-state index is -1.37. The summed E-state index contributed by atoms with van der Waals surface area (Å²) in [5.41, 5.74) is 4.35. The van der Waals surface area contributed by atoms with Gasteiger partial charge in [-0.1, -0.05) is 48.5 Å². The fraction of sp³-hybridized carbons (Fsp3) is 0.323. The smallest absolute Gasteiger partial charge is 0.435 e. The largest absolute Gasteiger partial charge is 0.448 e. The van der Waals surface area contributed by atoms with E-state index in [0.29, 0.717) is 11.0 Å². The minimum Gasteiger partial charge on any atom is -0.448 e. The lowest BCUT2D eigenvalue weighted by Crippen LogP contribution is -2.43. The zero-order valence-corrected chi connectivity index (χ0v) is 23.4. The Kier molecular flexibility index (Phi) is 6.88. The van der Waals surface area contributed by atoms with Crippen molar-refractivity contribution in [1.82, 2.24) is 19.7 Å². The lowest BCUT2D eigenvalue weighted by molar-refractivity contribution is -0.120. The van der Waals surface area contributed by atoms with Crippen LogP contribution in [-0.2, 0) is 14.3 Å². The Labute approximate surface area is 241 Å². The van der Waals surface area contributed by atoms with Gasteiger partial charge in [0.05, 0.1) is 18.3 Å². The molecule has 42 heavy (non-hydrogen) atoms. The number of aromatic nitrogens is 3. The molecule has 2 atom stereocenters. The van der Waals surface area contributed by atoms with Crippen molar-refractivity contribution in [3.05, 3.63) is 78.0 Å². The number of pyridine rings is 1. The van der Waals surface area contributed by atoms with E-state index in [2.05, 4.69) is 15.4 Å². The summed E-state index contributed by atoms with van der Waals surface area (Å²) in [4.78, 5) is 44.3. The van der Waals surface area contributed by atoms with Crippen LogP contribution in [-0.4, -0.2) is 68.7 Å². The van der Waals surface area contributed by atoms with Gasteiger partial charge >= 0.3 is 12.2 Å². The maximum Gasteiger partial charge on any atom is 0.435 e. The van der Waals surface area contributed by atoms with Crippen molar-refractivity contribution in [2.24, 2.45) is 0 Å². The van der Waals surface area contributed by atoms with Gasteiger partial charge in [0.15, 0.2) is 0 Å². The Morgan fingerprint density at radius 3 is 2.31 bits per heavy atom. The second kappa shape index (κ2) is 10.6. The highest BCUT2D eigenvalue weighted by Gasteiger charge is 2.41. The van der Waals surface area contributed by atoms with E-state index in [4.69, 9.17) is 9.47 Å². The highest BCUT2D eigenvalue weighted by atomic mass is 19.1. The quantitative estimate of drug-likeness (QED) is 0.343. The van der Waals surface area contributed by atoms with E-state index in [1.165, 1.54) is 12.3 Å². The summed E-state index contributed by atoms with van der Waals surface area (Å²) in [6, 6.07) is 17.9. The van der Waals surface area contributed by atoms with Crippen LogP contribution in [0.2, 0.25) is 0 Å². The predicted octanol–water partition coefficient (Wildman–Crippen LogP) is 5.51. The van der Waals surface area contributed by atoms with Crippen LogP contribution in [0.4, 0.5) is 19.8 Å². The van der Waals surface area contributed by atoms with E-state index in [1.54, 1.807) is 26.8 Å². The molecular weight excluding hydrogens is 541 g/mol. The first-order valence-corrected chi connectivity index (χ1v) is 13.7. The number of likely N-dealkylation sites (tertiary alicyclic amines) is 1. The Bertz CT molecular complexity index is 1650.